The molecule has 0 radical (unpaired) electrons. The lowest BCUT2D eigenvalue weighted by Gasteiger charge is -2.23. The van der Waals surface area contributed by atoms with Gasteiger partial charge in [-0.2, -0.15) is 0 Å². The number of carbonyl (C=O) groups is 2. The molecule has 0 unspecified atom stereocenters. The van der Waals surface area contributed by atoms with Crippen molar-refractivity contribution in [3.05, 3.63) is 12.3 Å². The third-order valence-electron chi connectivity index (χ3n) is 3.09. The number of aliphatic hydroxyl groups excluding tert-OH is 4. The quantitative estimate of drug-likeness (QED) is 0.271. The van der Waals surface area contributed by atoms with E-state index in [4.69, 9.17) is 10.2 Å². The van der Waals surface area contributed by atoms with Crippen LogP contribution in [0.2, 0.25) is 0 Å². The van der Waals surface area contributed by atoms with Crippen LogP contribution < -0.4 is 5.32 Å². The van der Waals surface area contributed by atoms with Gasteiger partial charge in [-0.25, -0.2) is 4.79 Å². The molecule has 1 amide bonds. The number of carboxylic acid groups (broad SMARTS) is 1. The average Bonchev–Trinajstić information content (AvgIpc) is 2.50. The van der Waals surface area contributed by atoms with E-state index >= 15 is 0 Å². The van der Waals surface area contributed by atoms with E-state index in [-0.39, 0.29) is 0 Å². The first kappa shape index (κ1) is 20.5. The number of rotatable bonds is 11. The summed E-state index contributed by atoms with van der Waals surface area (Å²) in [5.74, 6) is -2.78. The number of allylic oxidation sites excluding steroid dienone is 1. The second-order valence-corrected chi connectivity index (χ2v) is 4.97. The normalized spacial score (nSPS) is 17.0. The molecule has 0 aromatic rings. The van der Waals surface area contributed by atoms with Crippen molar-refractivity contribution in [1.29, 1.82) is 0 Å². The topological polar surface area (TPSA) is 147 Å². The summed E-state index contributed by atoms with van der Waals surface area (Å²) in [6.45, 7) is 2.10. The summed E-state index contributed by atoms with van der Waals surface area (Å²) in [5, 5.41) is 48.0. The summed E-state index contributed by atoms with van der Waals surface area (Å²) < 4.78 is 0. The first-order valence-corrected chi connectivity index (χ1v) is 7.23. The smallest absolute Gasteiger partial charge is 0.335 e. The summed E-state index contributed by atoms with van der Waals surface area (Å²) in [7, 11) is 0. The minimum atomic E-state index is -2.30. The molecule has 0 aliphatic rings. The van der Waals surface area contributed by atoms with Gasteiger partial charge in [-0.15, -0.1) is 0 Å². The Morgan fingerprint density at radius 3 is 2.14 bits per heavy atom. The van der Waals surface area contributed by atoms with Crippen LogP contribution >= 0.6 is 0 Å². The highest BCUT2D eigenvalue weighted by molar-refractivity contribution is 5.82. The molecular formula is C14H25NO7. The molecule has 128 valence electrons. The summed E-state index contributed by atoms with van der Waals surface area (Å²) in [4.78, 5) is 21.9. The number of carbonyl (C=O) groups excluding carboxylic acids is 1. The van der Waals surface area contributed by atoms with Crippen molar-refractivity contribution in [3.8, 4) is 0 Å². The van der Waals surface area contributed by atoms with E-state index in [0.717, 1.165) is 32.1 Å². The van der Waals surface area contributed by atoms with Crippen LogP contribution in [0.15, 0.2) is 12.3 Å². The first-order chi connectivity index (χ1) is 10.3. The molecule has 0 aliphatic carbocycles. The number of nitrogens with one attached hydrogen (secondary N) is 1. The van der Waals surface area contributed by atoms with Crippen LogP contribution in [0.1, 0.15) is 39.0 Å². The molecule has 0 bridgehead atoms. The third kappa shape index (κ3) is 7.51. The van der Waals surface area contributed by atoms with Crippen LogP contribution in [0, 0.1) is 0 Å². The Hall–Kier alpha value is -1.48. The van der Waals surface area contributed by atoms with Crippen LogP contribution in [-0.4, -0.2) is 61.8 Å². The minimum Gasteiger partial charge on any atom is -0.479 e. The van der Waals surface area contributed by atoms with Crippen molar-refractivity contribution in [2.75, 3.05) is 0 Å². The van der Waals surface area contributed by atoms with Crippen molar-refractivity contribution >= 4 is 11.9 Å². The van der Waals surface area contributed by atoms with E-state index < -0.39 is 36.3 Å². The molecule has 0 heterocycles. The van der Waals surface area contributed by atoms with E-state index in [1.807, 2.05) is 0 Å². The van der Waals surface area contributed by atoms with Gasteiger partial charge in [0.1, 0.15) is 12.2 Å². The fraction of sp³-hybridized carbons (Fsp3) is 0.714. The van der Waals surface area contributed by atoms with Crippen LogP contribution in [0.25, 0.3) is 0 Å². The van der Waals surface area contributed by atoms with Gasteiger partial charge in [0.15, 0.2) is 12.2 Å². The Balaban J connectivity index is 4.19. The van der Waals surface area contributed by atoms with Crippen molar-refractivity contribution in [2.24, 2.45) is 0 Å². The second-order valence-electron chi connectivity index (χ2n) is 4.97. The minimum absolute atomic E-state index is 0.749. The van der Waals surface area contributed by atoms with Crippen molar-refractivity contribution in [3.63, 3.8) is 0 Å². The zero-order chi connectivity index (χ0) is 17.1. The Kier molecular flexibility index (Phi) is 10.4. The lowest BCUT2D eigenvalue weighted by molar-refractivity contribution is -0.166. The lowest BCUT2D eigenvalue weighted by Crippen LogP contribution is -2.52. The first-order valence-electron chi connectivity index (χ1n) is 7.23. The largest absolute Gasteiger partial charge is 0.479 e. The zero-order valence-electron chi connectivity index (χ0n) is 12.6. The van der Waals surface area contributed by atoms with Gasteiger partial charge in [-0.3, -0.25) is 4.79 Å². The summed E-state index contributed by atoms with van der Waals surface area (Å²) in [6.07, 6.45) is -0.618. The predicted molar refractivity (Wildman–Crippen MR) is 77.7 cm³/mol. The van der Waals surface area contributed by atoms with Gasteiger partial charge in [0.2, 0.25) is 0 Å². The van der Waals surface area contributed by atoms with Gasteiger partial charge in [0, 0.05) is 0 Å². The molecule has 0 saturated heterocycles. The fourth-order valence-electron chi connectivity index (χ4n) is 1.67. The molecule has 0 rings (SSSR count). The number of unbranched alkanes of at least 4 members (excludes halogenated alkanes) is 4. The van der Waals surface area contributed by atoms with Crippen LogP contribution in [-0.2, 0) is 9.59 Å². The number of hydrogen-bond donors (Lipinski definition) is 6. The molecule has 4 atom stereocenters. The molecule has 0 saturated carbocycles. The monoisotopic (exact) mass is 319 g/mol. The average molecular weight is 319 g/mol. The number of carboxylic acids is 1. The van der Waals surface area contributed by atoms with Gasteiger partial charge in [-0.05, 0) is 19.0 Å². The van der Waals surface area contributed by atoms with Crippen molar-refractivity contribution < 1.29 is 35.1 Å². The predicted octanol–water partition coefficient (Wildman–Crippen LogP) is -0.885. The summed E-state index contributed by atoms with van der Waals surface area (Å²) >= 11 is 0. The standard InChI is InChI=1S/C14H25NO7/c1-2-3-4-5-6-7-8-15-13(20)11(18)9(16)10(17)12(19)14(21)22/h7-12,16-19H,2-6H2,1H3,(H,15,20)(H,21,22)/t9-,10-,11+,12-/m1/s1. The number of aliphatic hydroxyl groups is 4. The second kappa shape index (κ2) is 11.1. The SMILES string of the molecule is CCCCCCC=CNC(=O)[C@@H](O)[C@H](O)[C@@H](O)[C@@H](O)C(=O)O. The van der Waals surface area contributed by atoms with Gasteiger partial charge >= 0.3 is 5.97 Å². The molecule has 0 aliphatic heterocycles. The molecular weight excluding hydrogens is 294 g/mol. The number of amides is 1. The molecule has 8 heteroatoms. The summed E-state index contributed by atoms with van der Waals surface area (Å²) in [6, 6.07) is 0. The molecule has 0 spiro atoms. The molecule has 8 nitrogen and oxygen atoms in total. The lowest BCUT2D eigenvalue weighted by atomic mass is 10.0. The van der Waals surface area contributed by atoms with Gasteiger partial charge in [0.25, 0.3) is 5.91 Å². The molecule has 22 heavy (non-hydrogen) atoms. The maximum absolute atomic E-state index is 11.5. The van der Waals surface area contributed by atoms with E-state index in [2.05, 4.69) is 12.2 Å². The molecule has 0 aromatic heterocycles. The maximum atomic E-state index is 11.5. The molecule has 0 aromatic carbocycles. The van der Waals surface area contributed by atoms with E-state index in [1.54, 1.807) is 6.08 Å². The Morgan fingerprint density at radius 1 is 1.00 bits per heavy atom. The Bertz CT molecular complexity index is 372. The van der Waals surface area contributed by atoms with E-state index in [0.29, 0.717) is 0 Å². The zero-order valence-corrected chi connectivity index (χ0v) is 12.6. The highest BCUT2D eigenvalue weighted by Crippen LogP contribution is 2.06. The summed E-state index contributed by atoms with van der Waals surface area (Å²) in [5.41, 5.74) is 0. The van der Waals surface area contributed by atoms with E-state index in [1.165, 1.54) is 6.20 Å². The Morgan fingerprint density at radius 2 is 1.59 bits per heavy atom. The fourth-order valence-corrected chi connectivity index (χ4v) is 1.67. The van der Waals surface area contributed by atoms with Crippen LogP contribution in [0.4, 0.5) is 0 Å². The van der Waals surface area contributed by atoms with Crippen LogP contribution in [0.5, 0.6) is 0 Å². The van der Waals surface area contributed by atoms with Gasteiger partial charge in [0.05, 0.1) is 0 Å². The highest BCUT2D eigenvalue weighted by Gasteiger charge is 2.37. The Labute approximate surface area is 129 Å². The number of hydrogen-bond acceptors (Lipinski definition) is 6. The maximum Gasteiger partial charge on any atom is 0.335 e. The molecule has 6 N–H and O–H groups in total. The van der Waals surface area contributed by atoms with Gasteiger partial charge in [-0.1, -0.05) is 32.3 Å². The number of aliphatic carboxylic acids is 1. The van der Waals surface area contributed by atoms with Gasteiger partial charge < -0.3 is 30.8 Å². The highest BCUT2D eigenvalue weighted by atomic mass is 16.4. The van der Waals surface area contributed by atoms with Crippen LogP contribution in [0.3, 0.4) is 0 Å². The van der Waals surface area contributed by atoms with Crippen molar-refractivity contribution in [1.82, 2.24) is 5.32 Å². The molecule has 0 fully saturated rings. The van der Waals surface area contributed by atoms with E-state index in [9.17, 15) is 24.9 Å². The third-order valence-corrected chi connectivity index (χ3v) is 3.09. The van der Waals surface area contributed by atoms with Crippen molar-refractivity contribution in [2.45, 2.75) is 63.4 Å².